The predicted octanol–water partition coefficient (Wildman–Crippen LogP) is 3.14. The SMILES string of the molecule is CN(c1ccccc1C(=O)N1CCCCC1)S(=O)(=O)c1ccccc1. The van der Waals surface area contributed by atoms with Gasteiger partial charge in [-0.05, 0) is 43.5 Å². The van der Waals surface area contributed by atoms with E-state index >= 15 is 0 Å². The first kappa shape index (κ1) is 17.5. The Hall–Kier alpha value is -2.34. The minimum atomic E-state index is -3.72. The van der Waals surface area contributed by atoms with Crippen molar-refractivity contribution in [3.63, 3.8) is 0 Å². The number of rotatable bonds is 4. The third-order valence-electron chi connectivity index (χ3n) is 4.52. The van der Waals surface area contributed by atoms with E-state index in [1.165, 1.54) is 11.4 Å². The van der Waals surface area contributed by atoms with Gasteiger partial charge in [-0.2, -0.15) is 0 Å². The van der Waals surface area contributed by atoms with Gasteiger partial charge in [0.2, 0.25) is 0 Å². The minimum Gasteiger partial charge on any atom is -0.339 e. The number of hydrogen-bond acceptors (Lipinski definition) is 3. The summed E-state index contributed by atoms with van der Waals surface area (Å²) in [5, 5.41) is 0. The number of carbonyl (C=O) groups excluding carboxylic acids is 1. The fourth-order valence-corrected chi connectivity index (χ4v) is 4.31. The molecule has 2 aromatic rings. The predicted molar refractivity (Wildman–Crippen MR) is 98.2 cm³/mol. The molecule has 0 spiro atoms. The number of sulfonamides is 1. The number of hydrogen-bond donors (Lipinski definition) is 0. The molecule has 0 atom stereocenters. The monoisotopic (exact) mass is 358 g/mol. The van der Waals surface area contributed by atoms with Crippen LogP contribution >= 0.6 is 0 Å². The Morgan fingerprint density at radius 1 is 0.920 bits per heavy atom. The average molecular weight is 358 g/mol. The Balaban J connectivity index is 1.96. The molecule has 0 aromatic heterocycles. The van der Waals surface area contributed by atoms with Crippen molar-refractivity contribution in [1.82, 2.24) is 4.90 Å². The zero-order valence-corrected chi connectivity index (χ0v) is 15.1. The van der Waals surface area contributed by atoms with Gasteiger partial charge in [-0.25, -0.2) is 8.42 Å². The number of nitrogens with zero attached hydrogens (tertiary/aromatic N) is 2. The molecule has 1 aliphatic rings. The second-order valence-electron chi connectivity index (χ2n) is 6.16. The van der Waals surface area contributed by atoms with Crippen molar-refractivity contribution in [2.75, 3.05) is 24.4 Å². The molecule has 0 N–H and O–H groups in total. The van der Waals surface area contributed by atoms with Crippen LogP contribution in [0, 0.1) is 0 Å². The van der Waals surface area contributed by atoms with Crippen LogP contribution in [0.25, 0.3) is 0 Å². The molecule has 3 rings (SSSR count). The normalized spacial score (nSPS) is 15.0. The Kier molecular flexibility index (Phi) is 5.08. The summed E-state index contributed by atoms with van der Waals surface area (Å²) >= 11 is 0. The summed E-state index contributed by atoms with van der Waals surface area (Å²) in [6.07, 6.45) is 3.12. The molecule has 0 aliphatic carbocycles. The van der Waals surface area contributed by atoms with E-state index < -0.39 is 10.0 Å². The number of amides is 1. The first-order valence-corrected chi connectivity index (χ1v) is 9.88. The van der Waals surface area contributed by atoms with Crippen LogP contribution < -0.4 is 4.31 Å². The number of piperidine rings is 1. The van der Waals surface area contributed by atoms with Crippen LogP contribution in [0.3, 0.4) is 0 Å². The second-order valence-corrected chi connectivity index (χ2v) is 8.12. The summed E-state index contributed by atoms with van der Waals surface area (Å²) in [5.74, 6) is -0.106. The summed E-state index contributed by atoms with van der Waals surface area (Å²) in [4.78, 5) is 14.9. The van der Waals surface area contributed by atoms with E-state index in [1.54, 1.807) is 54.6 Å². The highest BCUT2D eigenvalue weighted by Gasteiger charge is 2.27. The smallest absolute Gasteiger partial charge is 0.264 e. The van der Waals surface area contributed by atoms with Crippen LogP contribution in [0.2, 0.25) is 0 Å². The standard InChI is InChI=1S/C19H22N2O3S/c1-20(25(23,24)16-10-4-2-5-11-16)18-13-7-6-12-17(18)19(22)21-14-8-3-9-15-21/h2,4-7,10-13H,3,8-9,14-15H2,1H3. The Bertz CT molecular complexity index is 844. The lowest BCUT2D eigenvalue weighted by Crippen LogP contribution is -2.37. The van der Waals surface area contributed by atoms with Crippen LogP contribution in [0.1, 0.15) is 29.6 Å². The van der Waals surface area contributed by atoms with Crippen molar-refractivity contribution in [3.8, 4) is 0 Å². The van der Waals surface area contributed by atoms with E-state index in [-0.39, 0.29) is 10.8 Å². The first-order chi connectivity index (χ1) is 12.0. The van der Waals surface area contributed by atoms with E-state index in [9.17, 15) is 13.2 Å². The molecule has 1 saturated heterocycles. The van der Waals surface area contributed by atoms with E-state index in [4.69, 9.17) is 0 Å². The quantitative estimate of drug-likeness (QED) is 0.844. The highest BCUT2D eigenvalue weighted by Crippen LogP contribution is 2.27. The lowest BCUT2D eigenvalue weighted by Gasteiger charge is -2.29. The van der Waals surface area contributed by atoms with Gasteiger partial charge in [0.1, 0.15) is 0 Å². The number of para-hydroxylation sites is 1. The van der Waals surface area contributed by atoms with Crippen LogP contribution in [0.15, 0.2) is 59.5 Å². The van der Waals surface area contributed by atoms with Crippen molar-refractivity contribution in [2.24, 2.45) is 0 Å². The molecule has 6 heteroatoms. The summed E-state index contributed by atoms with van der Waals surface area (Å²) < 4.78 is 27.0. The van der Waals surface area contributed by atoms with Crippen molar-refractivity contribution in [1.29, 1.82) is 0 Å². The summed E-state index contributed by atoms with van der Waals surface area (Å²) in [6, 6.07) is 15.1. The minimum absolute atomic E-state index is 0.106. The highest BCUT2D eigenvalue weighted by atomic mass is 32.2. The maximum absolute atomic E-state index is 12.9. The molecule has 0 saturated carbocycles. The maximum atomic E-state index is 12.9. The van der Waals surface area contributed by atoms with Gasteiger partial charge in [0.15, 0.2) is 0 Å². The molecule has 0 radical (unpaired) electrons. The Labute approximate surface area is 148 Å². The summed E-state index contributed by atoms with van der Waals surface area (Å²) in [6.45, 7) is 1.45. The van der Waals surface area contributed by atoms with Gasteiger partial charge in [-0.15, -0.1) is 0 Å². The van der Waals surface area contributed by atoms with Gasteiger partial charge in [-0.1, -0.05) is 30.3 Å². The molecule has 25 heavy (non-hydrogen) atoms. The van der Waals surface area contributed by atoms with Gasteiger partial charge in [-0.3, -0.25) is 9.10 Å². The van der Waals surface area contributed by atoms with Crippen molar-refractivity contribution in [2.45, 2.75) is 24.2 Å². The number of likely N-dealkylation sites (tertiary alicyclic amines) is 1. The van der Waals surface area contributed by atoms with Crippen LogP contribution in [-0.4, -0.2) is 39.4 Å². The average Bonchev–Trinajstić information content (AvgIpc) is 2.68. The molecule has 1 amide bonds. The van der Waals surface area contributed by atoms with Gasteiger partial charge in [0, 0.05) is 20.1 Å². The van der Waals surface area contributed by atoms with Crippen molar-refractivity contribution in [3.05, 3.63) is 60.2 Å². The molecule has 0 unspecified atom stereocenters. The molecular weight excluding hydrogens is 336 g/mol. The van der Waals surface area contributed by atoms with Crippen molar-refractivity contribution >= 4 is 21.6 Å². The van der Waals surface area contributed by atoms with Crippen molar-refractivity contribution < 1.29 is 13.2 Å². The maximum Gasteiger partial charge on any atom is 0.264 e. The van der Waals surface area contributed by atoms with Gasteiger partial charge < -0.3 is 4.90 Å². The molecule has 2 aromatic carbocycles. The molecule has 1 aliphatic heterocycles. The van der Waals surface area contributed by atoms with Crippen LogP contribution in [0.4, 0.5) is 5.69 Å². The molecule has 5 nitrogen and oxygen atoms in total. The number of anilines is 1. The fraction of sp³-hybridized carbons (Fsp3) is 0.316. The highest BCUT2D eigenvalue weighted by molar-refractivity contribution is 7.92. The summed E-state index contributed by atoms with van der Waals surface area (Å²) in [7, 11) is -2.23. The lowest BCUT2D eigenvalue weighted by atomic mass is 10.1. The van der Waals surface area contributed by atoms with E-state index in [1.807, 2.05) is 4.90 Å². The van der Waals surface area contributed by atoms with E-state index in [0.717, 1.165) is 32.4 Å². The zero-order chi connectivity index (χ0) is 17.9. The molecule has 1 fully saturated rings. The Morgan fingerprint density at radius 2 is 1.52 bits per heavy atom. The topological polar surface area (TPSA) is 57.7 Å². The number of carbonyl (C=O) groups is 1. The van der Waals surface area contributed by atoms with Gasteiger partial charge in [0.05, 0.1) is 16.1 Å². The van der Waals surface area contributed by atoms with Gasteiger partial charge >= 0.3 is 0 Å². The molecule has 1 heterocycles. The fourth-order valence-electron chi connectivity index (χ4n) is 3.08. The van der Waals surface area contributed by atoms with Crippen LogP contribution in [-0.2, 0) is 10.0 Å². The Morgan fingerprint density at radius 3 is 2.20 bits per heavy atom. The second kappa shape index (κ2) is 7.27. The molecule has 132 valence electrons. The third-order valence-corrected chi connectivity index (χ3v) is 6.30. The van der Waals surface area contributed by atoms with E-state index in [2.05, 4.69) is 0 Å². The van der Waals surface area contributed by atoms with Crippen LogP contribution in [0.5, 0.6) is 0 Å². The molecular formula is C19H22N2O3S. The first-order valence-electron chi connectivity index (χ1n) is 8.44. The lowest BCUT2D eigenvalue weighted by molar-refractivity contribution is 0.0725. The van der Waals surface area contributed by atoms with E-state index in [0.29, 0.717) is 11.3 Å². The number of benzene rings is 2. The van der Waals surface area contributed by atoms with Gasteiger partial charge in [0.25, 0.3) is 15.9 Å². The third kappa shape index (κ3) is 3.54. The summed E-state index contributed by atoms with van der Waals surface area (Å²) in [5.41, 5.74) is 0.827. The molecule has 0 bridgehead atoms. The largest absolute Gasteiger partial charge is 0.339 e. The zero-order valence-electron chi connectivity index (χ0n) is 14.3.